The smallest absolute Gasteiger partial charge is 0.291 e. The van der Waals surface area contributed by atoms with Gasteiger partial charge in [-0.2, -0.15) is 0 Å². The topological polar surface area (TPSA) is 52.0 Å². The molecule has 0 unspecified atom stereocenters. The van der Waals surface area contributed by atoms with Crippen molar-refractivity contribution in [1.82, 2.24) is 0 Å². The maximum atomic E-state index is 5.54. The lowest BCUT2D eigenvalue weighted by molar-refractivity contribution is -0.477. The Morgan fingerprint density at radius 1 is 1.36 bits per heavy atom. The fraction of sp³-hybridized carbons (Fsp3) is 0.125. The van der Waals surface area contributed by atoms with Gasteiger partial charge >= 0.3 is 5.96 Å². The van der Waals surface area contributed by atoms with Crippen molar-refractivity contribution in [1.29, 1.82) is 0 Å². The molecule has 0 saturated carbocycles. The number of hydrogen-bond donors (Lipinski definition) is 3. The number of benzene rings is 1. The molecule has 4 N–H and O–H groups in total. The lowest BCUT2D eigenvalue weighted by atomic mass is 10.1. The van der Waals surface area contributed by atoms with Gasteiger partial charge in [0.15, 0.2) is 0 Å². The minimum Gasteiger partial charge on any atom is -0.291 e. The zero-order valence-electron chi connectivity index (χ0n) is 6.09. The summed E-state index contributed by atoms with van der Waals surface area (Å²) in [5, 5.41) is 3.04. The van der Waals surface area contributed by atoms with Crippen molar-refractivity contribution in [2.24, 2.45) is 5.73 Å². The van der Waals surface area contributed by atoms with Crippen LogP contribution < -0.4 is 16.0 Å². The van der Waals surface area contributed by atoms with Gasteiger partial charge in [0.25, 0.3) is 0 Å². The highest BCUT2D eigenvalue weighted by molar-refractivity contribution is 5.89. The van der Waals surface area contributed by atoms with Crippen LogP contribution in [0.2, 0.25) is 0 Å². The Balaban J connectivity index is 2.42. The molecule has 0 aromatic heterocycles. The largest absolute Gasteiger partial charge is 0.346 e. The second-order valence-electron chi connectivity index (χ2n) is 2.55. The minimum atomic E-state index is 0.628. The SMILES string of the molecule is NC1=[NH+]Cc2ccccc2N1. The Morgan fingerprint density at radius 3 is 3.09 bits per heavy atom. The van der Waals surface area contributed by atoms with E-state index in [9.17, 15) is 0 Å². The zero-order valence-corrected chi connectivity index (χ0v) is 6.09. The van der Waals surface area contributed by atoms with Crippen LogP contribution in [0.5, 0.6) is 0 Å². The molecule has 2 rings (SSSR count). The van der Waals surface area contributed by atoms with Crippen molar-refractivity contribution in [3.8, 4) is 0 Å². The maximum Gasteiger partial charge on any atom is 0.346 e. The molecule has 0 saturated heterocycles. The first kappa shape index (κ1) is 6.22. The molecule has 56 valence electrons. The first-order valence-electron chi connectivity index (χ1n) is 3.57. The molecule has 0 aliphatic carbocycles. The van der Waals surface area contributed by atoms with E-state index in [4.69, 9.17) is 5.73 Å². The van der Waals surface area contributed by atoms with Crippen LogP contribution in [0.3, 0.4) is 0 Å². The molecule has 1 heterocycles. The van der Waals surface area contributed by atoms with Gasteiger partial charge in [-0.25, -0.2) is 5.32 Å². The molecular formula is C8H10N3+. The number of rotatable bonds is 0. The number of fused-ring (bicyclic) bond motifs is 1. The van der Waals surface area contributed by atoms with E-state index in [1.54, 1.807) is 0 Å². The number of guanidine groups is 1. The van der Waals surface area contributed by atoms with E-state index < -0.39 is 0 Å². The van der Waals surface area contributed by atoms with Gasteiger partial charge in [-0.1, -0.05) is 18.2 Å². The summed E-state index contributed by atoms with van der Waals surface area (Å²) in [5.41, 5.74) is 7.90. The molecular weight excluding hydrogens is 138 g/mol. The quantitative estimate of drug-likeness (QED) is 0.442. The highest BCUT2D eigenvalue weighted by atomic mass is 15.1. The van der Waals surface area contributed by atoms with E-state index in [1.807, 2.05) is 18.2 Å². The fourth-order valence-corrected chi connectivity index (χ4v) is 1.18. The number of para-hydroxylation sites is 1. The molecule has 0 atom stereocenters. The normalized spacial score (nSPS) is 14.7. The highest BCUT2D eigenvalue weighted by Crippen LogP contribution is 2.13. The van der Waals surface area contributed by atoms with E-state index in [0.29, 0.717) is 5.96 Å². The highest BCUT2D eigenvalue weighted by Gasteiger charge is 2.11. The summed E-state index contributed by atoms with van der Waals surface area (Å²) in [5.74, 6) is 0.628. The van der Waals surface area contributed by atoms with Crippen molar-refractivity contribution in [2.75, 3.05) is 5.32 Å². The maximum absolute atomic E-state index is 5.54. The molecule has 0 amide bonds. The average molecular weight is 148 g/mol. The predicted molar refractivity (Wildman–Crippen MR) is 43.9 cm³/mol. The Bertz CT molecular complexity index is 304. The van der Waals surface area contributed by atoms with Crippen molar-refractivity contribution >= 4 is 11.6 Å². The summed E-state index contributed by atoms with van der Waals surface area (Å²) in [6.45, 7) is 0.814. The first-order chi connectivity index (χ1) is 5.36. The third-order valence-corrected chi connectivity index (χ3v) is 1.76. The Hall–Kier alpha value is -1.51. The zero-order chi connectivity index (χ0) is 7.68. The molecule has 3 nitrogen and oxygen atoms in total. The first-order valence-corrected chi connectivity index (χ1v) is 3.57. The summed E-state index contributed by atoms with van der Waals surface area (Å²) in [6, 6.07) is 8.10. The second-order valence-corrected chi connectivity index (χ2v) is 2.55. The van der Waals surface area contributed by atoms with Crippen LogP contribution in [0.25, 0.3) is 0 Å². The van der Waals surface area contributed by atoms with Crippen LogP contribution >= 0.6 is 0 Å². The molecule has 0 spiro atoms. The van der Waals surface area contributed by atoms with E-state index in [1.165, 1.54) is 5.56 Å². The molecule has 0 bridgehead atoms. The van der Waals surface area contributed by atoms with Gasteiger partial charge in [0, 0.05) is 5.56 Å². The van der Waals surface area contributed by atoms with E-state index in [0.717, 1.165) is 12.2 Å². The van der Waals surface area contributed by atoms with Crippen LogP contribution in [0.4, 0.5) is 5.69 Å². The molecule has 1 aliphatic rings. The molecule has 1 aromatic rings. The summed E-state index contributed by atoms with van der Waals surface area (Å²) >= 11 is 0. The molecule has 1 aromatic carbocycles. The Kier molecular flexibility index (Phi) is 1.28. The van der Waals surface area contributed by atoms with E-state index >= 15 is 0 Å². The van der Waals surface area contributed by atoms with Gasteiger partial charge < -0.3 is 0 Å². The van der Waals surface area contributed by atoms with Crippen molar-refractivity contribution in [3.05, 3.63) is 29.8 Å². The lowest BCUT2D eigenvalue weighted by Crippen LogP contribution is -2.77. The monoisotopic (exact) mass is 148 g/mol. The molecule has 1 aliphatic heterocycles. The van der Waals surface area contributed by atoms with Crippen LogP contribution in [-0.2, 0) is 6.54 Å². The van der Waals surface area contributed by atoms with Crippen LogP contribution in [-0.4, -0.2) is 5.96 Å². The van der Waals surface area contributed by atoms with Crippen LogP contribution in [0.1, 0.15) is 5.56 Å². The third-order valence-electron chi connectivity index (χ3n) is 1.76. The second kappa shape index (κ2) is 2.27. The summed E-state index contributed by atoms with van der Waals surface area (Å²) in [7, 11) is 0. The Labute approximate surface area is 64.9 Å². The minimum absolute atomic E-state index is 0.628. The van der Waals surface area contributed by atoms with Crippen LogP contribution in [0, 0.1) is 0 Å². The van der Waals surface area contributed by atoms with E-state index in [2.05, 4.69) is 16.4 Å². The van der Waals surface area contributed by atoms with Gasteiger partial charge in [-0.15, -0.1) is 0 Å². The predicted octanol–water partition coefficient (Wildman–Crippen LogP) is -0.993. The van der Waals surface area contributed by atoms with Gasteiger partial charge in [0.05, 0.1) is 6.54 Å². The van der Waals surface area contributed by atoms with Gasteiger partial charge in [-0.3, -0.25) is 10.7 Å². The van der Waals surface area contributed by atoms with E-state index in [-0.39, 0.29) is 0 Å². The molecule has 11 heavy (non-hydrogen) atoms. The summed E-state index contributed by atoms with van der Waals surface area (Å²) in [6.07, 6.45) is 0. The van der Waals surface area contributed by atoms with Gasteiger partial charge in [0.2, 0.25) is 0 Å². The molecule has 0 radical (unpaired) electrons. The molecule has 0 fully saturated rings. The van der Waals surface area contributed by atoms with Gasteiger partial charge in [-0.05, 0) is 6.07 Å². The van der Waals surface area contributed by atoms with Crippen LogP contribution in [0.15, 0.2) is 24.3 Å². The van der Waals surface area contributed by atoms with Crippen molar-refractivity contribution in [2.45, 2.75) is 6.54 Å². The number of hydrogen-bond acceptors (Lipinski definition) is 2. The van der Waals surface area contributed by atoms with Crippen molar-refractivity contribution in [3.63, 3.8) is 0 Å². The third kappa shape index (κ3) is 1.05. The van der Waals surface area contributed by atoms with Crippen molar-refractivity contribution < 1.29 is 4.99 Å². The number of nitrogens with two attached hydrogens (primary N) is 1. The van der Waals surface area contributed by atoms with Gasteiger partial charge in [0.1, 0.15) is 5.69 Å². The summed E-state index contributed by atoms with van der Waals surface area (Å²) in [4.78, 5) is 3.02. The molecule has 3 heteroatoms. The lowest BCUT2D eigenvalue weighted by Gasteiger charge is -2.09. The number of anilines is 1. The number of nitrogens with one attached hydrogen (secondary N) is 2. The average Bonchev–Trinajstić information content (AvgIpc) is 2.04. The summed E-state index contributed by atoms with van der Waals surface area (Å²) < 4.78 is 0. The Morgan fingerprint density at radius 2 is 2.18 bits per heavy atom. The fourth-order valence-electron chi connectivity index (χ4n) is 1.18. The standard InChI is InChI=1S/C8H9N3/c9-8-10-5-6-3-1-2-4-7(6)11-8/h1-4H,5H2,(H3,9,10,11)/p+1.